The Bertz CT molecular complexity index is 1470. The number of carbonyl (C=O) groups is 10. The summed E-state index contributed by atoms with van der Waals surface area (Å²) in [5.74, 6) is -10.6. The van der Waals surface area contributed by atoms with Gasteiger partial charge in [0.25, 0.3) is 0 Å². The number of amides is 9. The minimum absolute atomic E-state index is 0.0521. The predicted molar refractivity (Wildman–Crippen MR) is 205 cm³/mol. The third-order valence-corrected chi connectivity index (χ3v) is 8.50. The van der Waals surface area contributed by atoms with Crippen LogP contribution in [0.4, 0.5) is 0 Å². The summed E-state index contributed by atoms with van der Waals surface area (Å²) in [5.41, 5.74) is 16.3. The van der Waals surface area contributed by atoms with E-state index < -0.39 is 139 Å². The van der Waals surface area contributed by atoms with Crippen LogP contribution in [0.2, 0.25) is 0 Å². The number of nitrogens with two attached hydrogens (primary N) is 3. The maximum absolute atomic E-state index is 13.3. The van der Waals surface area contributed by atoms with Crippen molar-refractivity contribution in [2.75, 3.05) is 13.2 Å². The quantitative estimate of drug-likeness (QED) is 0.0368. The lowest BCUT2D eigenvalue weighted by Gasteiger charge is -2.27. The fourth-order valence-corrected chi connectivity index (χ4v) is 5.16. The topological polar surface area (TPSA) is 394 Å². The highest BCUT2D eigenvalue weighted by Gasteiger charge is 2.34. The molecule has 0 aliphatic rings. The van der Waals surface area contributed by atoms with Gasteiger partial charge in [0.1, 0.15) is 36.3 Å². The van der Waals surface area contributed by atoms with Crippen molar-refractivity contribution in [1.29, 1.82) is 0 Å². The lowest BCUT2D eigenvalue weighted by molar-refractivity contribution is -0.138. The number of rotatable bonds is 27. The number of aliphatic carboxylic acids is 1. The Morgan fingerprint density at radius 2 is 1.05 bits per heavy atom. The molecule has 0 radical (unpaired) electrons. The third kappa shape index (κ3) is 19.6. The van der Waals surface area contributed by atoms with Crippen LogP contribution < -0.4 is 54.4 Å². The molecular formula is C35H62N10O13. The van der Waals surface area contributed by atoms with Gasteiger partial charge in [0.15, 0.2) is 0 Å². The summed E-state index contributed by atoms with van der Waals surface area (Å²) in [7, 11) is 0. The Hall–Kier alpha value is -5.42. The van der Waals surface area contributed by atoms with E-state index in [1.807, 2.05) is 0 Å². The molecule has 0 aromatic heterocycles. The Morgan fingerprint density at radius 1 is 0.569 bits per heavy atom. The molecule has 0 heterocycles. The fourth-order valence-electron chi connectivity index (χ4n) is 5.16. The van der Waals surface area contributed by atoms with Gasteiger partial charge >= 0.3 is 5.97 Å². The molecule has 0 spiro atoms. The van der Waals surface area contributed by atoms with Gasteiger partial charge in [0.2, 0.25) is 53.2 Å². The lowest BCUT2D eigenvalue weighted by atomic mass is 10.0. The largest absolute Gasteiger partial charge is 0.481 e. The summed E-state index contributed by atoms with van der Waals surface area (Å²) in [6.45, 7) is 9.32. The Morgan fingerprint density at radius 3 is 1.52 bits per heavy atom. The number of carboxylic acid groups (broad SMARTS) is 1. The number of carboxylic acids is 1. The first-order valence-electron chi connectivity index (χ1n) is 18.7. The molecule has 0 aliphatic heterocycles. The van der Waals surface area contributed by atoms with Crippen molar-refractivity contribution >= 4 is 59.1 Å². The second kappa shape index (κ2) is 25.8. The van der Waals surface area contributed by atoms with Gasteiger partial charge in [-0.2, -0.15) is 0 Å². The minimum Gasteiger partial charge on any atom is -0.481 e. The summed E-state index contributed by atoms with van der Waals surface area (Å²) < 4.78 is 0. The molecule has 0 aromatic carbocycles. The van der Waals surface area contributed by atoms with Gasteiger partial charge < -0.3 is 69.7 Å². The summed E-state index contributed by atoms with van der Waals surface area (Å²) in [6.07, 6.45) is -2.61. The molecule has 16 N–H and O–H groups in total. The lowest BCUT2D eigenvalue weighted by Crippen LogP contribution is -2.61. The van der Waals surface area contributed by atoms with E-state index in [0.717, 1.165) is 0 Å². The Kier molecular flexibility index (Phi) is 23.3. The normalized spacial score (nSPS) is 15.3. The van der Waals surface area contributed by atoms with Crippen molar-refractivity contribution in [3.05, 3.63) is 0 Å². The van der Waals surface area contributed by atoms with Crippen molar-refractivity contribution in [1.82, 2.24) is 37.2 Å². The predicted octanol–water partition coefficient (Wildman–Crippen LogP) is -5.31. The zero-order chi connectivity index (χ0) is 45.0. The fraction of sp³-hybridized carbons (Fsp3) is 0.714. The second-order valence-corrected chi connectivity index (χ2v) is 14.9. The van der Waals surface area contributed by atoms with E-state index in [0.29, 0.717) is 0 Å². The molecule has 330 valence electrons. The van der Waals surface area contributed by atoms with Gasteiger partial charge in [0.05, 0.1) is 25.3 Å². The van der Waals surface area contributed by atoms with Crippen molar-refractivity contribution in [2.45, 2.75) is 129 Å². The summed E-state index contributed by atoms with van der Waals surface area (Å²) in [4.78, 5) is 125. The van der Waals surface area contributed by atoms with E-state index >= 15 is 0 Å². The van der Waals surface area contributed by atoms with Gasteiger partial charge in [-0.1, -0.05) is 41.5 Å². The molecule has 0 saturated heterocycles. The van der Waals surface area contributed by atoms with Crippen molar-refractivity contribution < 1.29 is 63.3 Å². The number of aliphatic hydroxyl groups is 2. The van der Waals surface area contributed by atoms with Crippen molar-refractivity contribution in [3.8, 4) is 0 Å². The van der Waals surface area contributed by atoms with E-state index in [1.165, 1.54) is 6.92 Å². The minimum atomic E-state index is -1.66. The van der Waals surface area contributed by atoms with Crippen LogP contribution in [0.15, 0.2) is 0 Å². The van der Waals surface area contributed by atoms with Gasteiger partial charge in [-0.05, 0) is 43.9 Å². The van der Waals surface area contributed by atoms with Crippen LogP contribution in [0.5, 0.6) is 0 Å². The first kappa shape index (κ1) is 52.6. The molecule has 23 nitrogen and oxygen atoms in total. The average molecular weight is 831 g/mol. The molecule has 58 heavy (non-hydrogen) atoms. The van der Waals surface area contributed by atoms with Gasteiger partial charge in [-0.25, -0.2) is 0 Å². The van der Waals surface area contributed by atoms with Crippen molar-refractivity contribution in [3.63, 3.8) is 0 Å². The first-order valence-corrected chi connectivity index (χ1v) is 18.7. The van der Waals surface area contributed by atoms with Gasteiger partial charge in [0, 0.05) is 12.8 Å². The van der Waals surface area contributed by atoms with Gasteiger partial charge in [-0.15, -0.1) is 0 Å². The SMILES string of the molecule is CC(C)C[C@H](NC(=O)[C@H](CCC(N)=O)NC(=O)[C@H](CO)NC(=O)[C@@H](NC(=O)CNC(=O)[C@@H](NC(=O)[C@@H](NC(=O)[C@@H](N)CCC(=O)O)[C@@H](C)O)C(C)C)C(C)C)C(N)=O. The van der Waals surface area contributed by atoms with Crippen molar-refractivity contribution in [2.24, 2.45) is 35.0 Å². The molecule has 0 aromatic rings. The van der Waals surface area contributed by atoms with E-state index in [-0.39, 0.29) is 31.6 Å². The maximum Gasteiger partial charge on any atom is 0.303 e. The molecular weight excluding hydrogens is 768 g/mol. The van der Waals surface area contributed by atoms with Crippen LogP contribution in [0.3, 0.4) is 0 Å². The molecule has 8 atom stereocenters. The zero-order valence-corrected chi connectivity index (χ0v) is 34.0. The average Bonchev–Trinajstić information content (AvgIpc) is 3.11. The Balaban J connectivity index is 5.69. The number of carbonyl (C=O) groups excluding carboxylic acids is 9. The highest BCUT2D eigenvalue weighted by Crippen LogP contribution is 2.08. The molecule has 9 amide bonds. The summed E-state index contributed by atoms with van der Waals surface area (Å²) in [6, 6.07) is -9.71. The molecule has 0 rings (SSSR count). The van der Waals surface area contributed by atoms with E-state index in [1.54, 1.807) is 41.5 Å². The van der Waals surface area contributed by atoms with Crippen LogP contribution in [0, 0.1) is 17.8 Å². The molecule has 0 bridgehead atoms. The van der Waals surface area contributed by atoms with E-state index in [2.05, 4.69) is 37.2 Å². The molecule has 0 aliphatic carbocycles. The molecule has 0 fully saturated rings. The van der Waals surface area contributed by atoms with Gasteiger partial charge in [-0.3, -0.25) is 47.9 Å². The highest BCUT2D eigenvalue weighted by atomic mass is 16.4. The third-order valence-electron chi connectivity index (χ3n) is 8.50. The number of aliphatic hydroxyl groups excluding tert-OH is 2. The van der Waals surface area contributed by atoms with E-state index in [4.69, 9.17) is 22.3 Å². The first-order chi connectivity index (χ1) is 26.8. The number of nitrogens with one attached hydrogen (secondary N) is 7. The van der Waals surface area contributed by atoms with Crippen LogP contribution in [0.25, 0.3) is 0 Å². The smallest absolute Gasteiger partial charge is 0.303 e. The molecule has 0 saturated carbocycles. The number of hydrogen-bond donors (Lipinski definition) is 13. The Labute approximate surface area is 336 Å². The van der Waals surface area contributed by atoms with Crippen LogP contribution in [0.1, 0.15) is 80.6 Å². The van der Waals surface area contributed by atoms with Crippen LogP contribution >= 0.6 is 0 Å². The standard InChI is InChI=1S/C35H62N10O13/c1-15(2)12-21(29(38)52)41-31(54)20(9-10-23(37)48)40-32(55)22(14-46)42-34(57)27(17(5)6)43-24(49)13-39-33(56)26(16(3)4)44-35(58)28(18(7)47)45-30(53)19(36)8-11-25(50)51/h15-22,26-28,46-47H,8-14,36H2,1-7H3,(H2,37,48)(H2,38,52)(H,39,56)(H,40,55)(H,41,54)(H,42,57)(H,43,49)(H,44,58)(H,45,53)(H,50,51)/t18-,19+,20+,21+,22+,26+,27+,28+/m1/s1. The maximum atomic E-state index is 13.3. The zero-order valence-electron chi connectivity index (χ0n) is 34.0. The van der Waals surface area contributed by atoms with Crippen LogP contribution in [-0.2, 0) is 47.9 Å². The summed E-state index contributed by atoms with van der Waals surface area (Å²) in [5, 5.41) is 45.4. The highest BCUT2D eigenvalue weighted by molar-refractivity contribution is 5.97. The van der Waals surface area contributed by atoms with E-state index in [9.17, 15) is 58.2 Å². The number of primary amides is 2. The molecule has 0 unspecified atom stereocenters. The number of hydrogen-bond acceptors (Lipinski definition) is 13. The molecule has 23 heteroatoms. The van der Waals surface area contributed by atoms with Crippen LogP contribution in [-0.4, -0.2) is 136 Å². The second-order valence-electron chi connectivity index (χ2n) is 14.9. The summed E-state index contributed by atoms with van der Waals surface area (Å²) >= 11 is 0. The monoisotopic (exact) mass is 830 g/mol.